The van der Waals surface area contributed by atoms with Gasteiger partial charge >= 0.3 is 0 Å². The lowest BCUT2D eigenvalue weighted by molar-refractivity contribution is 0.666. The van der Waals surface area contributed by atoms with Crippen LogP contribution >= 0.6 is 23.2 Å². The molecule has 0 bridgehead atoms. The molecule has 0 amide bonds. The zero-order chi connectivity index (χ0) is 9.84. The minimum absolute atomic E-state index is 0.231. The van der Waals surface area contributed by atoms with Crippen molar-refractivity contribution < 1.29 is 0 Å². The molecule has 0 aliphatic carbocycles. The van der Waals surface area contributed by atoms with Crippen LogP contribution in [-0.4, -0.2) is 6.04 Å². The third-order valence-electron chi connectivity index (χ3n) is 1.87. The van der Waals surface area contributed by atoms with Crippen LogP contribution in [0.5, 0.6) is 0 Å². The van der Waals surface area contributed by atoms with Crippen molar-refractivity contribution in [1.29, 1.82) is 0 Å². The summed E-state index contributed by atoms with van der Waals surface area (Å²) in [4.78, 5) is 0. The molecule has 1 aromatic rings. The lowest BCUT2D eigenvalue weighted by Gasteiger charge is -2.05. The molecule has 72 valence electrons. The maximum absolute atomic E-state index is 5.87. The summed E-state index contributed by atoms with van der Waals surface area (Å²) in [6.45, 7) is 2.00. The topological polar surface area (TPSA) is 26.0 Å². The van der Waals surface area contributed by atoms with Crippen molar-refractivity contribution in [2.45, 2.75) is 25.8 Å². The summed E-state index contributed by atoms with van der Waals surface area (Å²) < 4.78 is 0. The first-order chi connectivity index (χ1) is 6.09. The molecule has 0 aromatic heterocycles. The van der Waals surface area contributed by atoms with Gasteiger partial charge in [0.05, 0.1) is 10.0 Å². The lowest BCUT2D eigenvalue weighted by Crippen LogP contribution is -2.15. The van der Waals surface area contributed by atoms with Gasteiger partial charge in [-0.25, -0.2) is 0 Å². The SMILES string of the molecule is C[C@H](N)CCc1ccc(Cl)c(Cl)c1. The number of nitrogens with two attached hydrogens (primary N) is 1. The first-order valence-electron chi connectivity index (χ1n) is 4.29. The van der Waals surface area contributed by atoms with Crippen LogP contribution in [0.1, 0.15) is 18.9 Å². The Labute approximate surface area is 88.8 Å². The standard InChI is InChI=1S/C10H13Cl2N/c1-7(13)2-3-8-4-5-9(11)10(12)6-8/h4-7H,2-3,13H2,1H3/t7-/m0/s1. The molecule has 0 spiro atoms. The van der Waals surface area contributed by atoms with Crippen molar-refractivity contribution in [3.05, 3.63) is 33.8 Å². The zero-order valence-electron chi connectivity index (χ0n) is 7.56. The Bertz CT molecular complexity index is 284. The predicted molar refractivity (Wildman–Crippen MR) is 58.4 cm³/mol. The Morgan fingerprint density at radius 2 is 2.00 bits per heavy atom. The van der Waals surface area contributed by atoms with Crippen LogP contribution in [0, 0.1) is 0 Å². The van der Waals surface area contributed by atoms with E-state index in [-0.39, 0.29) is 6.04 Å². The maximum atomic E-state index is 5.87. The van der Waals surface area contributed by atoms with Crippen molar-refractivity contribution >= 4 is 23.2 Å². The minimum atomic E-state index is 0.231. The van der Waals surface area contributed by atoms with Crippen molar-refractivity contribution in [3.63, 3.8) is 0 Å². The number of halogens is 2. The highest BCUT2D eigenvalue weighted by Gasteiger charge is 2.00. The molecular weight excluding hydrogens is 205 g/mol. The maximum Gasteiger partial charge on any atom is 0.0595 e. The highest BCUT2D eigenvalue weighted by molar-refractivity contribution is 6.42. The summed E-state index contributed by atoms with van der Waals surface area (Å²) in [5.74, 6) is 0. The van der Waals surface area contributed by atoms with E-state index in [9.17, 15) is 0 Å². The van der Waals surface area contributed by atoms with Crippen molar-refractivity contribution in [2.24, 2.45) is 5.73 Å². The van der Waals surface area contributed by atoms with Crippen LogP contribution in [0.4, 0.5) is 0 Å². The summed E-state index contributed by atoms with van der Waals surface area (Å²) in [7, 11) is 0. The van der Waals surface area contributed by atoms with E-state index >= 15 is 0 Å². The fourth-order valence-electron chi connectivity index (χ4n) is 1.09. The summed E-state index contributed by atoms with van der Waals surface area (Å²) in [6.07, 6.45) is 1.92. The summed E-state index contributed by atoms with van der Waals surface area (Å²) >= 11 is 11.7. The summed E-state index contributed by atoms with van der Waals surface area (Å²) in [6, 6.07) is 5.93. The second kappa shape index (κ2) is 4.85. The van der Waals surface area contributed by atoms with Crippen LogP contribution in [0.15, 0.2) is 18.2 Å². The van der Waals surface area contributed by atoms with E-state index in [0.717, 1.165) is 12.8 Å². The quantitative estimate of drug-likeness (QED) is 0.827. The zero-order valence-corrected chi connectivity index (χ0v) is 9.07. The van der Waals surface area contributed by atoms with Gasteiger partial charge in [-0.2, -0.15) is 0 Å². The highest BCUT2D eigenvalue weighted by atomic mass is 35.5. The first kappa shape index (κ1) is 10.8. The first-order valence-corrected chi connectivity index (χ1v) is 5.04. The number of rotatable bonds is 3. The second-order valence-electron chi connectivity index (χ2n) is 3.26. The largest absolute Gasteiger partial charge is 0.328 e. The number of hydrogen-bond acceptors (Lipinski definition) is 1. The summed E-state index contributed by atoms with van der Waals surface area (Å²) in [5.41, 5.74) is 6.84. The van der Waals surface area contributed by atoms with Gasteiger partial charge in [-0.05, 0) is 37.5 Å². The molecule has 1 nitrogen and oxygen atoms in total. The summed E-state index contributed by atoms with van der Waals surface area (Å²) in [5, 5.41) is 1.22. The average molecular weight is 218 g/mol. The van der Waals surface area contributed by atoms with Gasteiger partial charge in [0.2, 0.25) is 0 Å². The minimum Gasteiger partial charge on any atom is -0.328 e. The smallest absolute Gasteiger partial charge is 0.0595 e. The van der Waals surface area contributed by atoms with E-state index in [1.165, 1.54) is 5.56 Å². The van der Waals surface area contributed by atoms with E-state index in [1.807, 2.05) is 25.1 Å². The molecule has 0 unspecified atom stereocenters. The predicted octanol–water partition coefficient (Wildman–Crippen LogP) is 3.27. The molecule has 0 radical (unpaired) electrons. The van der Waals surface area contributed by atoms with Crippen molar-refractivity contribution in [1.82, 2.24) is 0 Å². The third-order valence-corrected chi connectivity index (χ3v) is 2.61. The van der Waals surface area contributed by atoms with Gasteiger partial charge in [-0.15, -0.1) is 0 Å². The van der Waals surface area contributed by atoms with Crippen molar-refractivity contribution in [3.8, 4) is 0 Å². The van der Waals surface area contributed by atoms with Gasteiger partial charge in [0, 0.05) is 6.04 Å². The fraction of sp³-hybridized carbons (Fsp3) is 0.400. The van der Waals surface area contributed by atoms with Crippen LogP contribution in [0.3, 0.4) is 0 Å². The molecule has 3 heteroatoms. The van der Waals surface area contributed by atoms with Gasteiger partial charge in [-0.1, -0.05) is 29.3 Å². The molecule has 0 aliphatic heterocycles. The molecule has 0 saturated carbocycles. The number of hydrogen-bond donors (Lipinski definition) is 1. The van der Waals surface area contributed by atoms with Gasteiger partial charge < -0.3 is 5.73 Å². The van der Waals surface area contributed by atoms with Gasteiger partial charge in [0.15, 0.2) is 0 Å². The van der Waals surface area contributed by atoms with E-state index in [0.29, 0.717) is 10.0 Å². The average Bonchev–Trinajstić information content (AvgIpc) is 2.07. The highest BCUT2D eigenvalue weighted by Crippen LogP contribution is 2.23. The van der Waals surface area contributed by atoms with Crippen LogP contribution < -0.4 is 5.73 Å². The number of aryl methyl sites for hydroxylation is 1. The van der Waals surface area contributed by atoms with Crippen LogP contribution in [0.25, 0.3) is 0 Å². The molecular formula is C10H13Cl2N. The molecule has 13 heavy (non-hydrogen) atoms. The van der Waals surface area contributed by atoms with Gasteiger partial charge in [-0.3, -0.25) is 0 Å². The molecule has 1 atom stereocenters. The number of benzene rings is 1. The molecule has 1 aromatic carbocycles. The molecule has 1 rings (SSSR count). The van der Waals surface area contributed by atoms with E-state index < -0.39 is 0 Å². The van der Waals surface area contributed by atoms with E-state index in [2.05, 4.69) is 0 Å². The van der Waals surface area contributed by atoms with E-state index in [1.54, 1.807) is 0 Å². The second-order valence-corrected chi connectivity index (χ2v) is 4.08. The Hall–Kier alpha value is -0.240. The Balaban J connectivity index is 2.63. The third kappa shape index (κ3) is 3.55. The molecule has 0 saturated heterocycles. The van der Waals surface area contributed by atoms with Crippen molar-refractivity contribution in [2.75, 3.05) is 0 Å². The normalized spacial score (nSPS) is 12.9. The Kier molecular flexibility index (Phi) is 4.04. The van der Waals surface area contributed by atoms with E-state index in [4.69, 9.17) is 28.9 Å². The molecule has 0 heterocycles. The van der Waals surface area contributed by atoms with Gasteiger partial charge in [0.25, 0.3) is 0 Å². The molecule has 0 fully saturated rings. The van der Waals surface area contributed by atoms with Gasteiger partial charge in [0.1, 0.15) is 0 Å². The van der Waals surface area contributed by atoms with Crippen LogP contribution in [-0.2, 0) is 6.42 Å². The van der Waals surface area contributed by atoms with Crippen LogP contribution in [0.2, 0.25) is 10.0 Å². The monoisotopic (exact) mass is 217 g/mol. The molecule has 0 aliphatic rings. The Morgan fingerprint density at radius 1 is 1.31 bits per heavy atom. The Morgan fingerprint density at radius 3 is 2.54 bits per heavy atom. The lowest BCUT2D eigenvalue weighted by atomic mass is 10.1. The fourth-order valence-corrected chi connectivity index (χ4v) is 1.41. The molecule has 2 N–H and O–H groups in total.